The molecule has 2 aliphatic heterocycles. The van der Waals surface area contributed by atoms with Crippen LogP contribution in [-0.4, -0.2) is 99.6 Å². The van der Waals surface area contributed by atoms with Crippen molar-refractivity contribution in [2.24, 2.45) is 10.3 Å². The van der Waals surface area contributed by atoms with Crippen molar-refractivity contribution in [2.75, 3.05) is 71.0 Å². The van der Waals surface area contributed by atoms with Gasteiger partial charge in [-0.1, -0.05) is 23.4 Å². The Balaban J connectivity index is 0.864. The fraction of sp³-hybridized carbons (Fsp3) is 0.302. The predicted molar refractivity (Wildman–Crippen MR) is 219 cm³/mol. The molecule has 0 unspecified atom stereocenters. The third kappa shape index (κ3) is 12.1. The molecule has 18 heteroatoms. The number of carbonyl (C=O) groups excluding carboxylic acids is 5. The Hall–Kier alpha value is -6.86. The summed E-state index contributed by atoms with van der Waals surface area (Å²) in [5, 5.41) is 20.3. The molecule has 0 spiro atoms. The summed E-state index contributed by atoms with van der Waals surface area (Å²) in [6.07, 6.45) is 0.104. The molecule has 4 amide bonds. The lowest BCUT2D eigenvalue weighted by Gasteiger charge is -2.18. The highest BCUT2D eigenvalue weighted by Crippen LogP contribution is 2.41. The van der Waals surface area contributed by atoms with Crippen molar-refractivity contribution in [2.45, 2.75) is 25.7 Å². The van der Waals surface area contributed by atoms with Crippen molar-refractivity contribution < 1.29 is 57.6 Å². The Morgan fingerprint density at radius 1 is 0.787 bits per heavy atom. The van der Waals surface area contributed by atoms with Crippen LogP contribution >= 0.6 is 0 Å². The van der Waals surface area contributed by atoms with Gasteiger partial charge in [0, 0.05) is 65.5 Å². The largest absolute Gasteiger partial charge is 0.456 e. The summed E-state index contributed by atoms with van der Waals surface area (Å²) in [5.74, 6) is -1.85. The number of nitrogens with zero attached hydrogens (tertiary/aromatic N) is 4. The average Bonchev–Trinajstić information content (AvgIpc) is 3.57. The van der Waals surface area contributed by atoms with Crippen LogP contribution in [0.15, 0.2) is 99.7 Å². The molecular weight excluding hydrogens is 791 g/mol. The molecule has 3 aliphatic rings. The molecule has 6 rings (SSSR count). The maximum Gasteiger partial charge on any atom is 0.335 e. The number of rotatable bonds is 21. The van der Waals surface area contributed by atoms with Gasteiger partial charge in [0.05, 0.1) is 77.5 Å². The van der Waals surface area contributed by atoms with Gasteiger partial charge < -0.3 is 39.3 Å². The number of fused-ring (bicyclic) bond motifs is 2. The van der Waals surface area contributed by atoms with Gasteiger partial charge in [0.25, 0.3) is 17.7 Å². The third-order valence-electron chi connectivity index (χ3n) is 9.17. The average molecular weight is 837 g/mol. The zero-order chi connectivity index (χ0) is 43.1. The van der Waals surface area contributed by atoms with E-state index in [9.17, 15) is 24.0 Å². The molecule has 0 radical (unpaired) electrons. The van der Waals surface area contributed by atoms with E-state index in [-0.39, 0.29) is 63.9 Å². The van der Waals surface area contributed by atoms with Gasteiger partial charge in [0.2, 0.25) is 5.91 Å². The number of nitrogen functional groups attached to an aromatic ring is 1. The lowest BCUT2D eigenvalue weighted by molar-refractivity contribution is -0.198. The molecule has 61 heavy (non-hydrogen) atoms. The van der Waals surface area contributed by atoms with E-state index in [0.29, 0.717) is 76.4 Å². The Kier molecular flexibility index (Phi) is 15.3. The summed E-state index contributed by atoms with van der Waals surface area (Å²) < 4.78 is 27.8. The van der Waals surface area contributed by atoms with Gasteiger partial charge in [-0.05, 0) is 54.1 Å². The van der Waals surface area contributed by atoms with Gasteiger partial charge in [-0.2, -0.15) is 0 Å². The molecule has 1 fully saturated rings. The number of nitrogens with two attached hydrogens (primary N) is 2. The highest BCUT2D eigenvalue weighted by molar-refractivity contribution is 6.09. The number of hydrogen-bond acceptors (Lipinski definition) is 14. The van der Waals surface area contributed by atoms with Crippen molar-refractivity contribution in [1.29, 1.82) is 0 Å². The Labute approximate surface area is 349 Å². The molecular formula is C43H46N7O11+. The van der Waals surface area contributed by atoms with Gasteiger partial charge in [0.15, 0.2) is 5.36 Å². The molecule has 2 heterocycles. The van der Waals surface area contributed by atoms with Crippen molar-refractivity contribution in [3.05, 3.63) is 95.8 Å². The number of nitrogens with one attached hydrogen (secondary N) is 1. The Morgan fingerprint density at radius 3 is 2.11 bits per heavy atom. The molecule has 1 aliphatic carbocycles. The number of anilines is 2. The van der Waals surface area contributed by atoms with E-state index in [4.69, 9.17) is 39.3 Å². The maximum atomic E-state index is 13.8. The van der Waals surface area contributed by atoms with Crippen LogP contribution in [0.4, 0.5) is 17.1 Å². The summed E-state index contributed by atoms with van der Waals surface area (Å²) in [4.78, 5) is 65.7. The van der Waals surface area contributed by atoms with E-state index in [2.05, 4.69) is 15.7 Å². The van der Waals surface area contributed by atoms with Crippen LogP contribution in [0, 0.1) is 0 Å². The van der Waals surface area contributed by atoms with Gasteiger partial charge in [0.1, 0.15) is 11.3 Å². The minimum absolute atomic E-state index is 0.0377. The highest BCUT2D eigenvalue weighted by atomic mass is 16.7. The monoisotopic (exact) mass is 836 g/mol. The molecule has 3 aromatic rings. The molecule has 18 nitrogen and oxygen atoms in total. The minimum Gasteiger partial charge on any atom is -0.456 e. The first kappa shape index (κ1) is 43.7. The summed E-state index contributed by atoms with van der Waals surface area (Å²) in [6, 6.07) is 24.7. The number of carbonyl (C=O) groups is 5. The van der Waals surface area contributed by atoms with Crippen molar-refractivity contribution in [3.8, 4) is 22.5 Å². The van der Waals surface area contributed by atoms with Gasteiger partial charge in [-0.3, -0.25) is 24.6 Å². The van der Waals surface area contributed by atoms with Gasteiger partial charge >= 0.3 is 5.97 Å². The Bertz CT molecular complexity index is 2400. The van der Waals surface area contributed by atoms with E-state index < -0.39 is 17.8 Å². The summed E-state index contributed by atoms with van der Waals surface area (Å²) >= 11 is 0. The standard InChI is InChI=1S/C43H45N7O11/c1-49(43(55)33-5-3-2-4-32(33)42-34-12-6-28(44)26-36(34)60-37-27-29(45)7-13-35(37)42)48-47-31-10-8-30(9-11-31)46-38(51)16-18-56-20-22-58-24-25-59-23-21-57-19-17-41(54)61-50-39(52)14-15-40(50)53/h2-13,26-27,44H,14-25,45H2,1H3,(H,46,51)/p+1. The smallest absolute Gasteiger partial charge is 0.335 e. The molecule has 1 saturated heterocycles. The molecule has 3 aromatic carbocycles. The number of hydroxylamine groups is 2. The number of ether oxygens (including phenoxy) is 4. The van der Waals surface area contributed by atoms with Crippen LogP contribution in [0.25, 0.3) is 33.4 Å². The van der Waals surface area contributed by atoms with E-state index >= 15 is 0 Å². The first-order chi connectivity index (χ1) is 29.6. The zero-order valence-electron chi connectivity index (χ0n) is 33.5. The number of benzene rings is 4. The van der Waals surface area contributed by atoms with Crippen molar-refractivity contribution in [1.82, 2.24) is 10.1 Å². The zero-order valence-corrected chi connectivity index (χ0v) is 33.5. The predicted octanol–water partition coefficient (Wildman–Crippen LogP) is 3.61. The molecule has 0 saturated carbocycles. The second-order valence-electron chi connectivity index (χ2n) is 13.6. The van der Waals surface area contributed by atoms with Crippen LogP contribution in [-0.2, 0) is 43.0 Å². The van der Waals surface area contributed by atoms with Crippen LogP contribution in [0.5, 0.6) is 0 Å². The fourth-order valence-corrected chi connectivity index (χ4v) is 6.16. The minimum atomic E-state index is -0.725. The second kappa shape index (κ2) is 21.4. The topological polar surface area (TPSA) is 239 Å². The van der Waals surface area contributed by atoms with Crippen LogP contribution in [0.2, 0.25) is 0 Å². The number of hydrogen-bond donors (Lipinski definition) is 3. The third-order valence-corrected chi connectivity index (χ3v) is 9.17. The van der Waals surface area contributed by atoms with E-state index in [1.165, 1.54) is 12.1 Å². The fourth-order valence-electron chi connectivity index (χ4n) is 6.16. The van der Waals surface area contributed by atoms with Crippen molar-refractivity contribution >= 4 is 57.6 Å². The quantitative estimate of drug-likeness (QED) is 0.0240. The van der Waals surface area contributed by atoms with E-state index in [1.807, 2.05) is 24.3 Å². The van der Waals surface area contributed by atoms with Gasteiger partial charge in [-0.25, -0.2) is 9.80 Å². The SMILES string of the molecule is CN(N=Nc1ccc(NC(=O)CCOCCOCCOCCOCCC(=O)ON2C(=O)CCC2=O)cc1)C(=O)c1ccccc1-c1c2ccc(=[NH2+])cc-2oc2cc(N)ccc12. The number of amides is 4. The van der Waals surface area contributed by atoms with Crippen LogP contribution in [0.1, 0.15) is 36.0 Å². The molecule has 0 aromatic heterocycles. The summed E-state index contributed by atoms with van der Waals surface area (Å²) in [7, 11) is 1.53. The normalized spacial score (nSPS) is 12.8. The maximum absolute atomic E-state index is 13.8. The van der Waals surface area contributed by atoms with Crippen LogP contribution < -0.4 is 21.8 Å². The van der Waals surface area contributed by atoms with Crippen LogP contribution in [0.3, 0.4) is 0 Å². The Morgan fingerprint density at radius 2 is 1.43 bits per heavy atom. The highest BCUT2D eigenvalue weighted by Gasteiger charge is 2.32. The summed E-state index contributed by atoms with van der Waals surface area (Å²) in [5.41, 5.74) is 10.8. The second-order valence-corrected chi connectivity index (χ2v) is 13.6. The first-order valence-corrected chi connectivity index (χ1v) is 19.5. The lowest BCUT2D eigenvalue weighted by Crippen LogP contribution is -2.44. The van der Waals surface area contributed by atoms with E-state index in [0.717, 1.165) is 16.5 Å². The summed E-state index contributed by atoms with van der Waals surface area (Å²) in [6.45, 7) is 2.05. The molecule has 0 bridgehead atoms. The molecule has 318 valence electrons. The van der Waals surface area contributed by atoms with Gasteiger partial charge in [-0.15, -0.1) is 10.2 Å². The van der Waals surface area contributed by atoms with Crippen molar-refractivity contribution in [3.63, 3.8) is 0 Å². The molecule has 5 N–H and O–H groups in total. The molecule has 0 atom stereocenters. The number of imide groups is 1. The lowest BCUT2D eigenvalue weighted by atomic mass is 9.90. The first-order valence-electron chi connectivity index (χ1n) is 19.5. The van der Waals surface area contributed by atoms with E-state index in [1.54, 1.807) is 60.7 Å².